The Morgan fingerprint density at radius 3 is 2.42 bits per heavy atom. The van der Waals surface area contributed by atoms with Crippen LogP contribution in [0.25, 0.3) is 0 Å². The first-order chi connectivity index (χ1) is 11.2. The van der Waals surface area contributed by atoms with Gasteiger partial charge in [-0.15, -0.1) is 0 Å². The van der Waals surface area contributed by atoms with Crippen molar-refractivity contribution >= 4 is 23.2 Å². The van der Waals surface area contributed by atoms with Gasteiger partial charge in [-0.25, -0.2) is 4.39 Å². The van der Waals surface area contributed by atoms with Crippen LogP contribution in [0.4, 0.5) is 15.8 Å². The summed E-state index contributed by atoms with van der Waals surface area (Å²) in [4.78, 5) is 26.5. The van der Waals surface area contributed by atoms with E-state index in [9.17, 15) is 14.0 Å². The third kappa shape index (κ3) is 4.24. The van der Waals surface area contributed by atoms with Gasteiger partial charge >= 0.3 is 0 Å². The second-order valence-electron chi connectivity index (χ2n) is 7.26. The molecule has 0 bridgehead atoms. The van der Waals surface area contributed by atoms with Crippen molar-refractivity contribution in [1.29, 1.82) is 0 Å². The molecule has 1 aliphatic rings. The van der Waals surface area contributed by atoms with E-state index in [4.69, 9.17) is 0 Å². The van der Waals surface area contributed by atoms with Gasteiger partial charge in [-0.2, -0.15) is 0 Å². The largest absolute Gasteiger partial charge is 0.370 e. The van der Waals surface area contributed by atoms with E-state index in [2.05, 4.69) is 15.5 Å². The molecule has 0 aromatic heterocycles. The van der Waals surface area contributed by atoms with Crippen LogP contribution < -0.4 is 15.5 Å². The molecule has 1 heterocycles. The summed E-state index contributed by atoms with van der Waals surface area (Å²) >= 11 is 0. The van der Waals surface area contributed by atoms with Crippen molar-refractivity contribution in [3.8, 4) is 0 Å². The van der Waals surface area contributed by atoms with E-state index >= 15 is 0 Å². The number of hydrogen-bond acceptors (Lipinski definition) is 3. The Balaban J connectivity index is 2.12. The molecule has 2 rings (SSSR count). The standard InChI is InChI=1S/C18H26FN3O2/c1-12(20-17(24)18(2,3)4)16(23)21-15-13(19)8-7-9-14(15)22-10-5-6-11-22/h7-9,12H,5-6,10-11H2,1-4H3,(H,20,24)(H,21,23). The van der Waals surface area contributed by atoms with Crippen molar-refractivity contribution in [3.05, 3.63) is 24.0 Å². The van der Waals surface area contributed by atoms with Gasteiger partial charge in [0.05, 0.1) is 5.69 Å². The molecule has 2 amide bonds. The lowest BCUT2D eigenvalue weighted by atomic mass is 9.95. The van der Waals surface area contributed by atoms with E-state index < -0.39 is 23.2 Å². The van der Waals surface area contributed by atoms with Gasteiger partial charge in [-0.05, 0) is 31.9 Å². The molecular weight excluding hydrogens is 309 g/mol. The second kappa shape index (κ2) is 7.20. The molecular formula is C18H26FN3O2. The van der Waals surface area contributed by atoms with Gasteiger partial charge in [-0.3, -0.25) is 9.59 Å². The highest BCUT2D eigenvalue weighted by Crippen LogP contribution is 2.31. The Kier molecular flexibility index (Phi) is 5.47. The molecule has 0 saturated carbocycles. The summed E-state index contributed by atoms with van der Waals surface area (Å²) in [7, 11) is 0. The lowest BCUT2D eigenvalue weighted by Crippen LogP contribution is -2.46. The molecule has 6 heteroatoms. The molecule has 132 valence electrons. The van der Waals surface area contributed by atoms with Crippen LogP contribution in [0.3, 0.4) is 0 Å². The Labute approximate surface area is 142 Å². The maximum atomic E-state index is 14.3. The zero-order chi connectivity index (χ0) is 17.9. The quantitative estimate of drug-likeness (QED) is 0.889. The molecule has 1 fully saturated rings. The molecule has 0 spiro atoms. The monoisotopic (exact) mass is 335 g/mol. The van der Waals surface area contributed by atoms with Gasteiger partial charge in [0.2, 0.25) is 11.8 Å². The molecule has 5 nitrogen and oxygen atoms in total. The molecule has 1 aromatic rings. The van der Waals surface area contributed by atoms with Crippen LogP contribution in [-0.4, -0.2) is 30.9 Å². The Morgan fingerprint density at radius 1 is 1.21 bits per heavy atom. The van der Waals surface area contributed by atoms with Crippen LogP contribution in [0.5, 0.6) is 0 Å². The summed E-state index contributed by atoms with van der Waals surface area (Å²) in [5.74, 6) is -1.13. The third-order valence-electron chi connectivity index (χ3n) is 4.11. The highest BCUT2D eigenvalue weighted by molar-refractivity contribution is 5.99. The first kappa shape index (κ1) is 18.2. The molecule has 1 saturated heterocycles. The average Bonchev–Trinajstić information content (AvgIpc) is 3.02. The normalized spacial score (nSPS) is 16.0. The maximum absolute atomic E-state index is 14.3. The zero-order valence-corrected chi connectivity index (χ0v) is 14.8. The van der Waals surface area contributed by atoms with Gasteiger partial charge in [0, 0.05) is 18.5 Å². The number of halogens is 1. The number of hydrogen-bond donors (Lipinski definition) is 2. The number of anilines is 2. The number of carbonyl (C=O) groups is 2. The molecule has 2 N–H and O–H groups in total. The summed E-state index contributed by atoms with van der Waals surface area (Å²) in [5.41, 5.74) is 0.282. The minimum absolute atomic E-state index is 0.182. The van der Waals surface area contributed by atoms with E-state index in [1.54, 1.807) is 33.8 Å². The lowest BCUT2D eigenvalue weighted by molar-refractivity contribution is -0.131. The lowest BCUT2D eigenvalue weighted by Gasteiger charge is -2.24. The van der Waals surface area contributed by atoms with E-state index in [0.717, 1.165) is 25.9 Å². The molecule has 1 aliphatic heterocycles. The molecule has 0 aliphatic carbocycles. The molecule has 1 unspecified atom stereocenters. The summed E-state index contributed by atoms with van der Waals surface area (Å²) in [6, 6.07) is 4.03. The second-order valence-corrected chi connectivity index (χ2v) is 7.26. The molecule has 1 aromatic carbocycles. The first-order valence-corrected chi connectivity index (χ1v) is 8.35. The average molecular weight is 335 g/mol. The first-order valence-electron chi connectivity index (χ1n) is 8.35. The Hall–Kier alpha value is -2.11. The molecule has 0 radical (unpaired) electrons. The van der Waals surface area contributed by atoms with Crippen LogP contribution in [0.15, 0.2) is 18.2 Å². The smallest absolute Gasteiger partial charge is 0.246 e. The van der Waals surface area contributed by atoms with E-state index in [0.29, 0.717) is 5.69 Å². The topological polar surface area (TPSA) is 61.4 Å². The van der Waals surface area contributed by atoms with Gasteiger partial charge in [0.1, 0.15) is 17.5 Å². The van der Waals surface area contributed by atoms with Gasteiger partial charge in [0.15, 0.2) is 0 Å². The zero-order valence-electron chi connectivity index (χ0n) is 14.8. The maximum Gasteiger partial charge on any atom is 0.246 e. The summed E-state index contributed by atoms with van der Waals surface area (Å²) in [5, 5.41) is 5.30. The van der Waals surface area contributed by atoms with Crippen molar-refractivity contribution in [3.63, 3.8) is 0 Å². The Bertz CT molecular complexity index is 619. The number of nitrogens with one attached hydrogen (secondary N) is 2. The fourth-order valence-electron chi connectivity index (χ4n) is 2.57. The predicted octanol–water partition coefficient (Wildman–Crippen LogP) is 2.92. The number of amides is 2. The van der Waals surface area contributed by atoms with Crippen LogP contribution in [0.1, 0.15) is 40.5 Å². The van der Waals surface area contributed by atoms with E-state index in [-0.39, 0.29) is 11.6 Å². The van der Waals surface area contributed by atoms with Crippen LogP contribution in [0, 0.1) is 11.2 Å². The van der Waals surface area contributed by atoms with Gasteiger partial charge in [0.25, 0.3) is 0 Å². The molecule has 24 heavy (non-hydrogen) atoms. The Morgan fingerprint density at radius 2 is 1.83 bits per heavy atom. The third-order valence-corrected chi connectivity index (χ3v) is 4.11. The highest BCUT2D eigenvalue weighted by atomic mass is 19.1. The number of carbonyl (C=O) groups excluding carboxylic acids is 2. The van der Waals surface area contributed by atoms with Crippen LogP contribution in [0.2, 0.25) is 0 Å². The SMILES string of the molecule is CC(NC(=O)C(C)(C)C)C(=O)Nc1c(F)cccc1N1CCCC1. The summed E-state index contributed by atoms with van der Waals surface area (Å²) < 4.78 is 14.3. The summed E-state index contributed by atoms with van der Waals surface area (Å²) in [6.45, 7) is 8.61. The molecule has 1 atom stereocenters. The van der Waals surface area contributed by atoms with Crippen molar-refractivity contribution < 1.29 is 14.0 Å². The number of rotatable bonds is 4. The van der Waals surface area contributed by atoms with Crippen LogP contribution >= 0.6 is 0 Å². The number of nitrogens with zero attached hydrogens (tertiary/aromatic N) is 1. The van der Waals surface area contributed by atoms with Crippen molar-refractivity contribution in [2.75, 3.05) is 23.3 Å². The van der Waals surface area contributed by atoms with E-state index in [1.165, 1.54) is 6.07 Å². The minimum Gasteiger partial charge on any atom is -0.370 e. The van der Waals surface area contributed by atoms with E-state index in [1.807, 2.05) is 6.07 Å². The predicted molar refractivity (Wildman–Crippen MR) is 93.5 cm³/mol. The number of benzene rings is 1. The minimum atomic E-state index is -0.747. The van der Waals surface area contributed by atoms with Crippen LogP contribution in [-0.2, 0) is 9.59 Å². The fourth-order valence-corrected chi connectivity index (χ4v) is 2.57. The van der Waals surface area contributed by atoms with Crippen molar-refractivity contribution in [2.24, 2.45) is 5.41 Å². The number of para-hydroxylation sites is 1. The van der Waals surface area contributed by atoms with Gasteiger partial charge < -0.3 is 15.5 Å². The van der Waals surface area contributed by atoms with Crippen molar-refractivity contribution in [1.82, 2.24) is 5.32 Å². The van der Waals surface area contributed by atoms with Gasteiger partial charge in [-0.1, -0.05) is 26.8 Å². The fraction of sp³-hybridized carbons (Fsp3) is 0.556. The van der Waals surface area contributed by atoms with Crippen molar-refractivity contribution in [2.45, 2.75) is 46.6 Å². The highest BCUT2D eigenvalue weighted by Gasteiger charge is 2.26. The summed E-state index contributed by atoms with van der Waals surface area (Å²) in [6.07, 6.45) is 2.11.